The number of nitrogens with zero attached hydrogens (tertiary/aromatic N) is 1. The van der Waals surface area contributed by atoms with Crippen LogP contribution in [0.25, 0.3) is 0 Å². The number of carbonyl (C=O) groups excluding carboxylic acids is 1. The van der Waals surface area contributed by atoms with E-state index < -0.39 is 0 Å². The van der Waals surface area contributed by atoms with E-state index in [1.165, 1.54) is 6.42 Å². The van der Waals surface area contributed by atoms with Crippen molar-refractivity contribution >= 4 is 5.91 Å². The Morgan fingerprint density at radius 1 is 1.43 bits per heavy atom. The average molecular weight is 198 g/mol. The Hall–Kier alpha value is -0.570. The van der Waals surface area contributed by atoms with Crippen molar-refractivity contribution in [2.75, 3.05) is 26.2 Å². The Labute approximate surface area is 86.9 Å². The molecule has 1 atom stereocenters. The van der Waals surface area contributed by atoms with Gasteiger partial charge >= 0.3 is 0 Å². The summed E-state index contributed by atoms with van der Waals surface area (Å²) in [4.78, 5) is 13.6. The van der Waals surface area contributed by atoms with Gasteiger partial charge in [0, 0.05) is 19.5 Å². The van der Waals surface area contributed by atoms with Gasteiger partial charge in [0.2, 0.25) is 5.91 Å². The summed E-state index contributed by atoms with van der Waals surface area (Å²) in [6.45, 7) is 8.00. The summed E-state index contributed by atoms with van der Waals surface area (Å²) >= 11 is 0. The van der Waals surface area contributed by atoms with Crippen LogP contribution in [0.5, 0.6) is 0 Å². The summed E-state index contributed by atoms with van der Waals surface area (Å²) in [7, 11) is 0. The molecular formula is C11H22N2O. The highest BCUT2D eigenvalue weighted by molar-refractivity contribution is 5.76. The van der Waals surface area contributed by atoms with Gasteiger partial charge in [-0.25, -0.2) is 0 Å². The standard InChI is InChI=1S/C11H22N2O/c1-3-13(4-2)11(14)6-5-10-7-8-12-9-10/h10,12H,3-9H2,1-2H3. The Morgan fingerprint density at radius 2 is 2.14 bits per heavy atom. The van der Waals surface area contributed by atoms with Gasteiger partial charge in [-0.2, -0.15) is 0 Å². The van der Waals surface area contributed by atoms with Crippen LogP contribution in [0.1, 0.15) is 33.1 Å². The van der Waals surface area contributed by atoms with Crippen LogP contribution in [0.4, 0.5) is 0 Å². The van der Waals surface area contributed by atoms with Gasteiger partial charge in [-0.05, 0) is 45.7 Å². The molecule has 0 aromatic heterocycles. The second-order valence-corrected chi connectivity index (χ2v) is 3.96. The van der Waals surface area contributed by atoms with E-state index in [0.717, 1.165) is 44.9 Å². The summed E-state index contributed by atoms with van der Waals surface area (Å²) in [5, 5.41) is 3.33. The molecule has 0 saturated carbocycles. The van der Waals surface area contributed by atoms with Crippen molar-refractivity contribution in [2.45, 2.75) is 33.1 Å². The molecule has 0 radical (unpaired) electrons. The largest absolute Gasteiger partial charge is 0.343 e. The SMILES string of the molecule is CCN(CC)C(=O)CCC1CCNC1. The van der Waals surface area contributed by atoms with Crippen LogP contribution in [0.3, 0.4) is 0 Å². The lowest BCUT2D eigenvalue weighted by atomic mass is 10.0. The molecule has 3 nitrogen and oxygen atoms in total. The fourth-order valence-electron chi connectivity index (χ4n) is 2.02. The molecule has 1 unspecified atom stereocenters. The van der Waals surface area contributed by atoms with Crippen molar-refractivity contribution in [3.05, 3.63) is 0 Å². The molecule has 1 aliphatic heterocycles. The maximum absolute atomic E-state index is 11.7. The van der Waals surface area contributed by atoms with Gasteiger partial charge in [0.1, 0.15) is 0 Å². The predicted molar refractivity (Wildman–Crippen MR) is 58.1 cm³/mol. The van der Waals surface area contributed by atoms with E-state index in [0.29, 0.717) is 5.91 Å². The third kappa shape index (κ3) is 3.29. The minimum absolute atomic E-state index is 0.321. The van der Waals surface area contributed by atoms with Crippen molar-refractivity contribution in [2.24, 2.45) is 5.92 Å². The molecule has 1 heterocycles. The number of rotatable bonds is 5. The minimum atomic E-state index is 0.321. The summed E-state index contributed by atoms with van der Waals surface area (Å²) in [6, 6.07) is 0. The van der Waals surface area contributed by atoms with Crippen LogP contribution < -0.4 is 5.32 Å². The molecule has 82 valence electrons. The van der Waals surface area contributed by atoms with Gasteiger partial charge in [0.15, 0.2) is 0 Å². The molecule has 1 aliphatic rings. The molecule has 1 fully saturated rings. The average Bonchev–Trinajstić information content (AvgIpc) is 2.69. The van der Waals surface area contributed by atoms with Gasteiger partial charge in [-0.3, -0.25) is 4.79 Å². The van der Waals surface area contributed by atoms with E-state index in [4.69, 9.17) is 0 Å². The van der Waals surface area contributed by atoms with E-state index >= 15 is 0 Å². The first-order valence-corrected chi connectivity index (χ1v) is 5.76. The van der Waals surface area contributed by atoms with Crippen molar-refractivity contribution < 1.29 is 4.79 Å². The molecule has 0 aliphatic carbocycles. The fraction of sp³-hybridized carbons (Fsp3) is 0.909. The number of hydrogen-bond donors (Lipinski definition) is 1. The normalized spacial score (nSPS) is 21.1. The molecule has 1 N–H and O–H groups in total. The smallest absolute Gasteiger partial charge is 0.222 e. The van der Waals surface area contributed by atoms with Gasteiger partial charge in [-0.15, -0.1) is 0 Å². The lowest BCUT2D eigenvalue weighted by Crippen LogP contribution is -2.30. The highest BCUT2D eigenvalue weighted by atomic mass is 16.2. The van der Waals surface area contributed by atoms with Gasteiger partial charge < -0.3 is 10.2 Å². The Morgan fingerprint density at radius 3 is 2.64 bits per heavy atom. The first-order chi connectivity index (χ1) is 6.77. The summed E-state index contributed by atoms with van der Waals surface area (Å²) in [5.74, 6) is 1.05. The lowest BCUT2D eigenvalue weighted by Gasteiger charge is -2.19. The summed E-state index contributed by atoms with van der Waals surface area (Å²) < 4.78 is 0. The van der Waals surface area contributed by atoms with Gasteiger partial charge in [-0.1, -0.05) is 0 Å². The predicted octanol–water partition coefficient (Wildman–Crippen LogP) is 1.24. The zero-order valence-electron chi connectivity index (χ0n) is 9.38. The Bertz CT molecular complexity index is 172. The van der Waals surface area contributed by atoms with Crippen LogP contribution in [0.15, 0.2) is 0 Å². The zero-order chi connectivity index (χ0) is 10.4. The lowest BCUT2D eigenvalue weighted by molar-refractivity contribution is -0.131. The van der Waals surface area contributed by atoms with Gasteiger partial charge in [0.05, 0.1) is 0 Å². The fourth-order valence-corrected chi connectivity index (χ4v) is 2.02. The monoisotopic (exact) mass is 198 g/mol. The van der Waals surface area contributed by atoms with Gasteiger partial charge in [0.25, 0.3) is 0 Å². The molecule has 1 rings (SSSR count). The van der Waals surface area contributed by atoms with Crippen molar-refractivity contribution in [3.8, 4) is 0 Å². The zero-order valence-corrected chi connectivity index (χ0v) is 9.38. The molecule has 1 saturated heterocycles. The molecule has 0 aromatic carbocycles. The number of carbonyl (C=O) groups is 1. The first-order valence-electron chi connectivity index (χ1n) is 5.76. The number of hydrogen-bond acceptors (Lipinski definition) is 2. The van der Waals surface area contributed by atoms with Crippen LogP contribution in [0, 0.1) is 5.92 Å². The highest BCUT2D eigenvalue weighted by Gasteiger charge is 2.17. The molecule has 0 spiro atoms. The molecular weight excluding hydrogens is 176 g/mol. The first kappa shape index (κ1) is 11.5. The molecule has 1 amide bonds. The van der Waals surface area contributed by atoms with Crippen LogP contribution in [-0.4, -0.2) is 37.0 Å². The molecule has 0 bridgehead atoms. The molecule has 14 heavy (non-hydrogen) atoms. The summed E-state index contributed by atoms with van der Waals surface area (Å²) in [6.07, 6.45) is 3.03. The van der Waals surface area contributed by atoms with Crippen molar-refractivity contribution in [1.29, 1.82) is 0 Å². The summed E-state index contributed by atoms with van der Waals surface area (Å²) in [5.41, 5.74) is 0. The quantitative estimate of drug-likeness (QED) is 0.721. The van der Waals surface area contributed by atoms with Crippen molar-refractivity contribution in [3.63, 3.8) is 0 Å². The number of nitrogens with one attached hydrogen (secondary N) is 1. The van der Waals surface area contributed by atoms with E-state index in [9.17, 15) is 4.79 Å². The molecule has 3 heteroatoms. The van der Waals surface area contributed by atoms with Crippen LogP contribution >= 0.6 is 0 Å². The Balaban J connectivity index is 2.18. The second-order valence-electron chi connectivity index (χ2n) is 3.96. The van der Waals surface area contributed by atoms with E-state index in [-0.39, 0.29) is 0 Å². The second kappa shape index (κ2) is 6.02. The van der Waals surface area contributed by atoms with E-state index in [1.54, 1.807) is 0 Å². The number of amides is 1. The maximum Gasteiger partial charge on any atom is 0.222 e. The molecule has 0 aromatic rings. The van der Waals surface area contributed by atoms with Crippen LogP contribution in [0.2, 0.25) is 0 Å². The topological polar surface area (TPSA) is 32.3 Å². The van der Waals surface area contributed by atoms with E-state index in [2.05, 4.69) is 5.32 Å². The third-order valence-electron chi connectivity index (χ3n) is 3.04. The van der Waals surface area contributed by atoms with E-state index in [1.807, 2.05) is 18.7 Å². The maximum atomic E-state index is 11.7. The van der Waals surface area contributed by atoms with Crippen molar-refractivity contribution in [1.82, 2.24) is 10.2 Å². The van der Waals surface area contributed by atoms with Crippen LogP contribution in [-0.2, 0) is 4.79 Å². The third-order valence-corrected chi connectivity index (χ3v) is 3.04. The minimum Gasteiger partial charge on any atom is -0.343 e. The highest BCUT2D eigenvalue weighted by Crippen LogP contribution is 2.14. The Kier molecular flexibility index (Phi) is 4.94.